The molecule has 0 aromatic heterocycles. The van der Waals surface area contributed by atoms with Crippen molar-refractivity contribution in [3.63, 3.8) is 0 Å². The highest BCUT2D eigenvalue weighted by Gasteiger charge is 2.19. The molecule has 1 fully saturated rings. The van der Waals surface area contributed by atoms with Gasteiger partial charge in [-0.2, -0.15) is 0 Å². The van der Waals surface area contributed by atoms with E-state index in [1.165, 1.54) is 30.3 Å². The topological polar surface area (TPSA) is 79.1 Å². The molecule has 2 aromatic rings. The minimum absolute atomic E-state index is 0.00584. The van der Waals surface area contributed by atoms with Gasteiger partial charge in [0.25, 0.3) is 5.69 Å². The first-order chi connectivity index (χ1) is 14.4. The molecule has 30 heavy (non-hydrogen) atoms. The molecule has 0 aliphatic carbocycles. The SMILES string of the molecule is O=[N+]([O-])c1ccc(OCC(O)CN2CCCN(Cc3c(F)cccc3Cl)CC2)cc1. The molecule has 2 aromatic carbocycles. The smallest absolute Gasteiger partial charge is 0.269 e. The first-order valence-corrected chi connectivity index (χ1v) is 10.2. The summed E-state index contributed by atoms with van der Waals surface area (Å²) < 4.78 is 19.6. The number of aliphatic hydroxyl groups excluding tert-OH is 1. The van der Waals surface area contributed by atoms with Crippen LogP contribution in [0.5, 0.6) is 5.75 Å². The summed E-state index contributed by atoms with van der Waals surface area (Å²) in [6.07, 6.45) is 0.217. The monoisotopic (exact) mass is 437 g/mol. The van der Waals surface area contributed by atoms with Crippen molar-refractivity contribution in [2.45, 2.75) is 19.1 Å². The number of ether oxygens (including phenoxy) is 1. The largest absolute Gasteiger partial charge is 0.491 e. The van der Waals surface area contributed by atoms with Gasteiger partial charge in [0, 0.05) is 48.9 Å². The number of β-amino-alcohol motifs (C(OH)–C–C–N with tert-alkyl or cyclic N) is 1. The summed E-state index contributed by atoms with van der Waals surface area (Å²) in [4.78, 5) is 14.5. The molecule has 0 bridgehead atoms. The average Bonchev–Trinajstić information content (AvgIpc) is 2.94. The van der Waals surface area contributed by atoms with Gasteiger partial charge in [0.2, 0.25) is 0 Å². The van der Waals surface area contributed by atoms with Crippen LogP contribution < -0.4 is 4.74 Å². The van der Waals surface area contributed by atoms with E-state index in [0.717, 1.165) is 32.6 Å². The number of nitrogens with zero attached hydrogens (tertiary/aromatic N) is 3. The second kappa shape index (κ2) is 10.7. The lowest BCUT2D eigenvalue weighted by molar-refractivity contribution is -0.384. The fourth-order valence-electron chi connectivity index (χ4n) is 3.48. The summed E-state index contributed by atoms with van der Waals surface area (Å²) in [6, 6.07) is 10.5. The zero-order valence-electron chi connectivity index (χ0n) is 16.5. The van der Waals surface area contributed by atoms with Gasteiger partial charge in [-0.3, -0.25) is 19.9 Å². The molecule has 3 rings (SSSR count). The van der Waals surface area contributed by atoms with Gasteiger partial charge in [-0.25, -0.2) is 4.39 Å². The van der Waals surface area contributed by atoms with Crippen molar-refractivity contribution in [1.82, 2.24) is 9.80 Å². The van der Waals surface area contributed by atoms with E-state index in [1.807, 2.05) is 0 Å². The van der Waals surface area contributed by atoms with Crippen molar-refractivity contribution >= 4 is 17.3 Å². The molecule has 9 heteroatoms. The molecule has 1 saturated heterocycles. The number of non-ortho nitro benzene ring substituents is 1. The number of rotatable bonds is 8. The lowest BCUT2D eigenvalue weighted by atomic mass is 10.2. The molecule has 1 N–H and O–H groups in total. The summed E-state index contributed by atoms with van der Waals surface area (Å²) in [6.45, 7) is 4.18. The Morgan fingerprint density at radius 1 is 1.13 bits per heavy atom. The number of hydrogen-bond acceptors (Lipinski definition) is 6. The lowest BCUT2D eigenvalue weighted by Gasteiger charge is -2.24. The van der Waals surface area contributed by atoms with E-state index >= 15 is 0 Å². The highest BCUT2D eigenvalue weighted by molar-refractivity contribution is 6.31. The van der Waals surface area contributed by atoms with Gasteiger partial charge in [0.15, 0.2) is 0 Å². The number of nitro groups is 1. The van der Waals surface area contributed by atoms with Crippen LogP contribution in [0.2, 0.25) is 5.02 Å². The molecule has 0 saturated carbocycles. The Kier molecular flexibility index (Phi) is 7.98. The van der Waals surface area contributed by atoms with Crippen LogP contribution in [0.1, 0.15) is 12.0 Å². The normalized spacial score (nSPS) is 16.8. The van der Waals surface area contributed by atoms with Crippen molar-refractivity contribution in [2.24, 2.45) is 0 Å². The van der Waals surface area contributed by atoms with Crippen molar-refractivity contribution in [3.05, 3.63) is 69.0 Å². The van der Waals surface area contributed by atoms with E-state index < -0.39 is 11.0 Å². The van der Waals surface area contributed by atoms with E-state index in [0.29, 0.717) is 29.4 Å². The summed E-state index contributed by atoms with van der Waals surface area (Å²) in [5.74, 6) is 0.186. The fraction of sp³-hybridized carbons (Fsp3) is 0.429. The third kappa shape index (κ3) is 6.37. The maximum Gasteiger partial charge on any atom is 0.269 e. The summed E-state index contributed by atoms with van der Waals surface area (Å²) >= 11 is 6.14. The van der Waals surface area contributed by atoms with E-state index in [2.05, 4.69) is 9.80 Å². The number of halogens is 2. The van der Waals surface area contributed by atoms with E-state index in [1.54, 1.807) is 12.1 Å². The Morgan fingerprint density at radius 3 is 2.53 bits per heavy atom. The Morgan fingerprint density at radius 2 is 1.83 bits per heavy atom. The highest BCUT2D eigenvalue weighted by atomic mass is 35.5. The van der Waals surface area contributed by atoms with Crippen LogP contribution in [0.15, 0.2) is 42.5 Å². The number of hydrogen-bond donors (Lipinski definition) is 1. The maximum absolute atomic E-state index is 14.0. The van der Waals surface area contributed by atoms with Crippen LogP contribution in [0.25, 0.3) is 0 Å². The van der Waals surface area contributed by atoms with Gasteiger partial charge in [0.1, 0.15) is 24.3 Å². The van der Waals surface area contributed by atoms with Crippen molar-refractivity contribution in [2.75, 3.05) is 39.3 Å². The molecule has 0 radical (unpaired) electrons. The Bertz CT molecular complexity index is 832. The van der Waals surface area contributed by atoms with Gasteiger partial charge in [0.05, 0.1) is 4.92 Å². The third-order valence-corrected chi connectivity index (χ3v) is 5.44. The molecule has 1 unspecified atom stereocenters. The molecule has 7 nitrogen and oxygen atoms in total. The van der Waals surface area contributed by atoms with E-state index in [-0.39, 0.29) is 18.1 Å². The van der Waals surface area contributed by atoms with Gasteiger partial charge in [-0.1, -0.05) is 17.7 Å². The van der Waals surface area contributed by atoms with Crippen LogP contribution in [-0.4, -0.2) is 65.3 Å². The third-order valence-electron chi connectivity index (χ3n) is 5.08. The van der Waals surface area contributed by atoms with Gasteiger partial charge >= 0.3 is 0 Å². The number of benzene rings is 2. The minimum Gasteiger partial charge on any atom is -0.491 e. The van der Waals surface area contributed by atoms with Crippen molar-refractivity contribution in [3.8, 4) is 5.75 Å². The van der Waals surface area contributed by atoms with Gasteiger partial charge < -0.3 is 9.84 Å². The zero-order chi connectivity index (χ0) is 21.5. The highest BCUT2D eigenvalue weighted by Crippen LogP contribution is 2.21. The Balaban J connectivity index is 1.44. The summed E-state index contributed by atoms with van der Waals surface area (Å²) in [5, 5.41) is 21.4. The van der Waals surface area contributed by atoms with Gasteiger partial charge in [-0.15, -0.1) is 0 Å². The van der Waals surface area contributed by atoms with E-state index in [9.17, 15) is 19.6 Å². The lowest BCUT2D eigenvalue weighted by Crippen LogP contribution is -2.38. The Labute approximate surface area is 179 Å². The summed E-state index contributed by atoms with van der Waals surface area (Å²) in [5.41, 5.74) is 0.512. The maximum atomic E-state index is 14.0. The fourth-order valence-corrected chi connectivity index (χ4v) is 3.70. The average molecular weight is 438 g/mol. The second-order valence-electron chi connectivity index (χ2n) is 7.35. The molecule has 1 heterocycles. The summed E-state index contributed by atoms with van der Waals surface area (Å²) in [7, 11) is 0. The standard InChI is InChI=1S/C21H25ClFN3O4/c22-20-3-1-4-21(23)19(20)14-25-10-2-9-24(11-12-25)13-17(27)15-30-18-7-5-16(6-8-18)26(28)29/h1,3-8,17,27H,2,9-15H2. The first-order valence-electron chi connectivity index (χ1n) is 9.85. The molecular formula is C21H25ClFN3O4. The van der Waals surface area contributed by atoms with Crippen LogP contribution in [0.3, 0.4) is 0 Å². The van der Waals surface area contributed by atoms with Crippen molar-refractivity contribution in [1.29, 1.82) is 0 Å². The molecule has 0 spiro atoms. The molecule has 1 atom stereocenters. The van der Waals surface area contributed by atoms with Crippen LogP contribution in [0, 0.1) is 15.9 Å². The Hall–Kier alpha value is -2.26. The van der Waals surface area contributed by atoms with Crippen LogP contribution in [0.4, 0.5) is 10.1 Å². The minimum atomic E-state index is -0.687. The first kappa shape index (κ1) is 22.4. The second-order valence-corrected chi connectivity index (χ2v) is 7.75. The molecule has 0 amide bonds. The molecule has 1 aliphatic rings. The van der Waals surface area contributed by atoms with E-state index in [4.69, 9.17) is 16.3 Å². The molecule has 1 aliphatic heterocycles. The molecular weight excluding hydrogens is 413 g/mol. The zero-order valence-corrected chi connectivity index (χ0v) is 17.3. The predicted molar refractivity (Wildman–Crippen MR) is 112 cm³/mol. The molecule has 162 valence electrons. The van der Waals surface area contributed by atoms with Gasteiger partial charge in [-0.05, 0) is 43.8 Å². The number of nitro benzene ring substituents is 1. The van der Waals surface area contributed by atoms with Crippen LogP contribution in [-0.2, 0) is 6.54 Å². The number of aliphatic hydroxyl groups is 1. The predicted octanol–water partition coefficient (Wildman–Crippen LogP) is 3.33. The van der Waals surface area contributed by atoms with Crippen LogP contribution >= 0.6 is 11.6 Å². The quantitative estimate of drug-likeness (QED) is 0.504. The van der Waals surface area contributed by atoms with Crippen molar-refractivity contribution < 1.29 is 19.2 Å².